The van der Waals surface area contributed by atoms with E-state index in [1.807, 2.05) is 9.13 Å². The summed E-state index contributed by atoms with van der Waals surface area (Å²) in [6.45, 7) is 12.4. The molecule has 0 spiro atoms. The zero-order chi connectivity index (χ0) is 33.2. The smallest absolute Gasteiger partial charge is 0.207 e. The van der Waals surface area contributed by atoms with Crippen LogP contribution in [0.25, 0.3) is 22.3 Å². The Morgan fingerprint density at radius 2 is 1.32 bits per heavy atom. The number of halogens is 1. The van der Waals surface area contributed by atoms with E-state index in [1.54, 1.807) is 12.7 Å². The Balaban J connectivity index is 0.000000186. The summed E-state index contributed by atoms with van der Waals surface area (Å²) in [5.74, 6) is 2.21. The number of ether oxygens (including phenoxy) is 2. The van der Waals surface area contributed by atoms with Crippen LogP contribution < -0.4 is 21.7 Å². The van der Waals surface area contributed by atoms with Gasteiger partial charge in [-0.25, -0.2) is 29.9 Å². The number of hydrogen-bond acceptors (Lipinski definition) is 12. The number of allylic oxidation sites excluding steroid dienone is 2. The molecule has 0 saturated carbocycles. The number of fused-ring (bicyclic) bond motifs is 2. The summed E-state index contributed by atoms with van der Waals surface area (Å²) in [5.41, 5.74) is 11.3. The summed E-state index contributed by atoms with van der Waals surface area (Å²) >= 11 is 3.54. The molecule has 2 unspecified atom stereocenters. The fourth-order valence-electron chi connectivity index (χ4n) is 5.44. The molecular formula is C32H47BrN12O2. The third-order valence-electron chi connectivity index (χ3n) is 7.79. The first-order valence-corrected chi connectivity index (χ1v) is 17.2. The minimum absolute atomic E-state index is 0.00587. The molecule has 6 heterocycles. The second-order valence-corrected chi connectivity index (χ2v) is 12.7. The molecule has 0 aromatic carbocycles. The van der Waals surface area contributed by atoms with Crippen molar-refractivity contribution in [3.63, 3.8) is 0 Å². The van der Waals surface area contributed by atoms with E-state index in [1.165, 1.54) is 11.1 Å². The maximum absolute atomic E-state index is 5.96. The molecule has 0 amide bonds. The van der Waals surface area contributed by atoms with Crippen molar-refractivity contribution in [3.8, 4) is 0 Å². The molecule has 2 atom stereocenters. The first-order chi connectivity index (χ1) is 22.9. The molecule has 5 N–H and O–H groups in total. The van der Waals surface area contributed by atoms with Gasteiger partial charge in [0.05, 0.1) is 0 Å². The van der Waals surface area contributed by atoms with Crippen LogP contribution in [0.5, 0.6) is 0 Å². The standard InChI is InChI=1S/C17H27N7O.C15H20BrN5O/c1-12(2)6-8-19-15-14-16(22-11-21-15)24(13-5-3-4-10-25-13)17(23-14)20-9-7-18;1-10(2)6-7-17-13-12-14(19-9-18-13)21(15(16)20-12)11-5-3-4-8-22-11/h6,11,13H,3-5,7-10,18H2,1-2H3,(H,20,23)(H,19,21,22);6,9,11H,3-5,7-8H2,1-2H3,(H,17,18,19). The highest BCUT2D eigenvalue weighted by Gasteiger charge is 2.25. The first-order valence-electron chi connectivity index (χ1n) is 16.4. The van der Waals surface area contributed by atoms with Gasteiger partial charge >= 0.3 is 0 Å². The lowest BCUT2D eigenvalue weighted by molar-refractivity contribution is -0.0311. The van der Waals surface area contributed by atoms with E-state index < -0.39 is 0 Å². The molecule has 14 nitrogen and oxygen atoms in total. The molecule has 2 aliphatic heterocycles. The number of nitrogens with zero attached hydrogens (tertiary/aromatic N) is 8. The van der Waals surface area contributed by atoms with Crippen molar-refractivity contribution in [3.05, 3.63) is 40.7 Å². The van der Waals surface area contributed by atoms with Crippen LogP contribution >= 0.6 is 15.9 Å². The number of anilines is 3. The van der Waals surface area contributed by atoms with Crippen molar-refractivity contribution in [2.45, 2.75) is 78.7 Å². The molecule has 254 valence electrons. The average Bonchev–Trinajstić information content (AvgIpc) is 3.62. The highest BCUT2D eigenvalue weighted by atomic mass is 79.9. The number of aromatic nitrogens is 8. The monoisotopic (exact) mass is 710 g/mol. The van der Waals surface area contributed by atoms with E-state index in [2.05, 4.69) is 96.6 Å². The summed E-state index contributed by atoms with van der Waals surface area (Å²) in [6, 6.07) is 0. The van der Waals surface area contributed by atoms with Gasteiger partial charge in [0.25, 0.3) is 0 Å². The third kappa shape index (κ3) is 8.83. The maximum Gasteiger partial charge on any atom is 0.207 e. The average molecular weight is 712 g/mol. The Morgan fingerprint density at radius 1 is 0.787 bits per heavy atom. The minimum Gasteiger partial charge on any atom is -0.365 e. The van der Waals surface area contributed by atoms with Gasteiger partial charge in [-0.2, -0.15) is 0 Å². The van der Waals surface area contributed by atoms with Crippen molar-refractivity contribution >= 4 is 55.8 Å². The number of imidazole rings is 2. The van der Waals surface area contributed by atoms with Crippen LogP contribution in [0.4, 0.5) is 17.6 Å². The van der Waals surface area contributed by atoms with Crippen molar-refractivity contribution < 1.29 is 9.47 Å². The number of rotatable bonds is 11. The zero-order valence-electron chi connectivity index (χ0n) is 27.8. The van der Waals surface area contributed by atoms with E-state index >= 15 is 0 Å². The van der Waals surface area contributed by atoms with E-state index in [9.17, 15) is 0 Å². The quantitative estimate of drug-likeness (QED) is 0.107. The van der Waals surface area contributed by atoms with Crippen LogP contribution in [0.3, 0.4) is 0 Å². The SMILES string of the molecule is CC(C)=CCNc1ncnc2c1nc(Br)n2C1CCCCO1.CC(C)=CCNc1ncnc2c1nc(NCCN)n2C1CCCCO1. The molecule has 4 aromatic rings. The molecule has 47 heavy (non-hydrogen) atoms. The Morgan fingerprint density at radius 3 is 1.83 bits per heavy atom. The summed E-state index contributed by atoms with van der Waals surface area (Å²) in [6.07, 6.45) is 13.7. The number of hydrogen-bond donors (Lipinski definition) is 4. The van der Waals surface area contributed by atoms with Gasteiger partial charge in [-0.1, -0.05) is 23.3 Å². The van der Waals surface area contributed by atoms with E-state index in [0.29, 0.717) is 19.6 Å². The van der Waals surface area contributed by atoms with E-state index in [0.717, 1.165) is 103 Å². The molecule has 6 rings (SSSR count). The molecule has 4 aromatic heterocycles. The van der Waals surface area contributed by atoms with Gasteiger partial charge in [0, 0.05) is 39.4 Å². The van der Waals surface area contributed by atoms with Crippen molar-refractivity contribution in [1.29, 1.82) is 0 Å². The largest absolute Gasteiger partial charge is 0.365 e. The summed E-state index contributed by atoms with van der Waals surface area (Å²) in [5, 5.41) is 9.91. The second-order valence-electron chi connectivity index (χ2n) is 12.0. The molecule has 2 fully saturated rings. The second kappa shape index (κ2) is 16.9. The maximum atomic E-state index is 5.96. The lowest BCUT2D eigenvalue weighted by Crippen LogP contribution is -2.22. The van der Waals surface area contributed by atoms with Gasteiger partial charge in [-0.15, -0.1) is 0 Å². The summed E-state index contributed by atoms with van der Waals surface area (Å²) in [4.78, 5) is 26.9. The van der Waals surface area contributed by atoms with Crippen molar-refractivity contribution in [2.24, 2.45) is 5.73 Å². The minimum atomic E-state index is -0.0560. The summed E-state index contributed by atoms with van der Waals surface area (Å²) in [7, 11) is 0. The lowest BCUT2D eigenvalue weighted by Gasteiger charge is -2.25. The van der Waals surface area contributed by atoms with Gasteiger partial charge in [0.2, 0.25) is 5.95 Å². The molecule has 0 aliphatic carbocycles. The van der Waals surface area contributed by atoms with Crippen LogP contribution in [0.1, 0.15) is 78.7 Å². The van der Waals surface area contributed by atoms with Crippen LogP contribution in [0, 0.1) is 0 Å². The van der Waals surface area contributed by atoms with Gasteiger partial charge in [0.15, 0.2) is 38.7 Å². The van der Waals surface area contributed by atoms with Gasteiger partial charge < -0.3 is 31.2 Å². The van der Waals surface area contributed by atoms with Crippen LogP contribution in [-0.4, -0.2) is 78.4 Å². The fraction of sp³-hybridized carbons (Fsp3) is 0.562. The molecule has 2 aliphatic rings. The molecule has 2 saturated heterocycles. The predicted octanol–water partition coefficient (Wildman–Crippen LogP) is 5.94. The normalized spacial score (nSPS) is 17.9. The fourth-order valence-corrected chi connectivity index (χ4v) is 6.02. The molecule has 0 radical (unpaired) electrons. The third-order valence-corrected chi connectivity index (χ3v) is 8.34. The van der Waals surface area contributed by atoms with Gasteiger partial charge in [-0.3, -0.25) is 9.13 Å². The van der Waals surface area contributed by atoms with Crippen LogP contribution in [0.2, 0.25) is 0 Å². The molecular weight excluding hydrogens is 664 g/mol. The molecule has 0 bridgehead atoms. The Kier molecular flexibility index (Phi) is 12.5. The van der Waals surface area contributed by atoms with Crippen molar-refractivity contribution in [2.75, 3.05) is 55.3 Å². The Bertz CT molecular complexity index is 1660. The number of nitrogens with one attached hydrogen (secondary N) is 3. The van der Waals surface area contributed by atoms with E-state index in [-0.39, 0.29) is 12.5 Å². The highest BCUT2D eigenvalue weighted by molar-refractivity contribution is 9.10. The topological polar surface area (TPSA) is 168 Å². The van der Waals surface area contributed by atoms with Crippen molar-refractivity contribution in [1.82, 2.24) is 39.0 Å². The Labute approximate surface area is 284 Å². The van der Waals surface area contributed by atoms with Gasteiger partial charge in [-0.05, 0) is 82.1 Å². The number of nitrogens with two attached hydrogens (primary N) is 1. The summed E-state index contributed by atoms with van der Waals surface area (Å²) < 4.78 is 16.6. The van der Waals surface area contributed by atoms with Crippen LogP contribution in [-0.2, 0) is 9.47 Å². The lowest BCUT2D eigenvalue weighted by atomic mass is 10.2. The molecule has 15 heteroatoms. The van der Waals surface area contributed by atoms with Crippen LogP contribution in [0.15, 0.2) is 40.7 Å². The highest BCUT2D eigenvalue weighted by Crippen LogP contribution is 2.33. The Hall–Kier alpha value is -3.66. The zero-order valence-corrected chi connectivity index (χ0v) is 29.4. The van der Waals surface area contributed by atoms with E-state index in [4.69, 9.17) is 20.2 Å². The first kappa shape index (κ1) is 34.7. The predicted molar refractivity (Wildman–Crippen MR) is 189 cm³/mol. The van der Waals surface area contributed by atoms with Gasteiger partial charge in [0.1, 0.15) is 25.1 Å².